The molecule has 7 nitrogen and oxygen atoms in total. The zero-order valence-electron chi connectivity index (χ0n) is 14.2. The van der Waals surface area contributed by atoms with Gasteiger partial charge in [-0.25, -0.2) is 4.79 Å². The highest BCUT2D eigenvalue weighted by molar-refractivity contribution is 6.09. The zero-order chi connectivity index (χ0) is 18.5. The molecular weight excluding hydrogens is 322 g/mol. The van der Waals surface area contributed by atoms with Crippen LogP contribution in [-0.2, 0) is 9.53 Å². The fourth-order valence-electron chi connectivity index (χ4n) is 1.85. The van der Waals surface area contributed by atoms with Gasteiger partial charge in [-0.2, -0.15) is 5.26 Å². The van der Waals surface area contributed by atoms with E-state index in [9.17, 15) is 9.59 Å². The maximum absolute atomic E-state index is 12.2. The largest absolute Gasteiger partial charge is 0.462 e. The highest BCUT2D eigenvalue weighted by Gasteiger charge is 2.16. The first kappa shape index (κ1) is 20.2. The van der Waals surface area contributed by atoms with Crippen LogP contribution >= 0.6 is 0 Å². The second kappa shape index (κ2) is 11.6. The first-order valence-electron chi connectivity index (χ1n) is 8.16. The number of hydrogen-bond acceptors (Lipinski definition) is 6. The number of nitrogens with one attached hydrogen (secondary N) is 2. The molecule has 0 unspecified atom stereocenters. The van der Waals surface area contributed by atoms with E-state index in [2.05, 4.69) is 10.6 Å². The smallest absolute Gasteiger partial charge is 0.340 e. The molecule has 0 heterocycles. The molecule has 25 heavy (non-hydrogen) atoms. The topological polar surface area (TPSA) is 111 Å². The average Bonchev–Trinajstić information content (AvgIpc) is 2.62. The number of hydrogen-bond donors (Lipinski definition) is 3. The number of anilines is 1. The number of aliphatic hydroxyl groups excluding tert-OH is 1. The van der Waals surface area contributed by atoms with Gasteiger partial charge in [-0.15, -0.1) is 0 Å². The summed E-state index contributed by atoms with van der Waals surface area (Å²) in [6.07, 6.45) is 3.46. The predicted molar refractivity (Wildman–Crippen MR) is 93.7 cm³/mol. The Morgan fingerprint density at radius 1 is 1.32 bits per heavy atom. The van der Waals surface area contributed by atoms with Gasteiger partial charge in [-0.1, -0.05) is 25.5 Å². The quantitative estimate of drug-likeness (QED) is 0.259. The molecule has 1 aromatic rings. The van der Waals surface area contributed by atoms with E-state index in [1.165, 1.54) is 6.20 Å². The van der Waals surface area contributed by atoms with Crippen LogP contribution in [0.4, 0.5) is 5.69 Å². The number of amides is 1. The summed E-state index contributed by atoms with van der Waals surface area (Å²) in [6, 6.07) is 8.27. The number of rotatable bonds is 10. The second-order valence-electron chi connectivity index (χ2n) is 5.19. The summed E-state index contributed by atoms with van der Waals surface area (Å²) in [5.41, 5.74) is 0.384. The number of nitriles is 1. The van der Waals surface area contributed by atoms with Crippen LogP contribution < -0.4 is 10.6 Å². The second-order valence-corrected chi connectivity index (χ2v) is 5.19. The molecule has 0 spiro atoms. The van der Waals surface area contributed by atoms with Gasteiger partial charge in [0.05, 0.1) is 17.9 Å². The van der Waals surface area contributed by atoms with Gasteiger partial charge in [-0.05, 0) is 25.0 Å². The molecule has 0 radical (unpaired) electrons. The van der Waals surface area contributed by atoms with Gasteiger partial charge in [0.15, 0.2) is 0 Å². The van der Waals surface area contributed by atoms with Crippen molar-refractivity contribution in [2.75, 3.05) is 25.1 Å². The monoisotopic (exact) mass is 345 g/mol. The van der Waals surface area contributed by atoms with Crippen molar-refractivity contribution in [3.8, 4) is 6.07 Å². The van der Waals surface area contributed by atoms with Gasteiger partial charge in [0.1, 0.15) is 11.6 Å². The van der Waals surface area contributed by atoms with Gasteiger partial charge in [0.25, 0.3) is 5.91 Å². The van der Waals surface area contributed by atoms with Gasteiger partial charge >= 0.3 is 5.97 Å². The fourth-order valence-corrected chi connectivity index (χ4v) is 1.85. The Labute approximate surface area is 147 Å². The molecule has 1 aromatic carbocycles. The average molecular weight is 345 g/mol. The van der Waals surface area contributed by atoms with E-state index in [-0.39, 0.29) is 23.4 Å². The van der Waals surface area contributed by atoms with Crippen molar-refractivity contribution in [1.29, 1.82) is 5.26 Å². The maximum Gasteiger partial charge on any atom is 0.340 e. The van der Waals surface area contributed by atoms with Crippen LogP contribution in [-0.4, -0.2) is 36.7 Å². The van der Waals surface area contributed by atoms with Gasteiger partial charge in [-0.3, -0.25) is 4.79 Å². The normalized spacial score (nSPS) is 10.7. The number of carbonyl (C=O) groups is 2. The minimum atomic E-state index is -0.632. The Balaban J connectivity index is 2.79. The van der Waals surface area contributed by atoms with E-state index in [1.54, 1.807) is 30.3 Å². The molecule has 1 rings (SSSR count). The highest BCUT2D eigenvalue weighted by atomic mass is 16.5. The van der Waals surface area contributed by atoms with E-state index in [0.29, 0.717) is 19.6 Å². The lowest BCUT2D eigenvalue weighted by Crippen LogP contribution is -2.19. The number of esters is 1. The third kappa shape index (κ3) is 7.06. The molecule has 0 saturated carbocycles. The summed E-state index contributed by atoms with van der Waals surface area (Å²) in [5, 5.41) is 23.1. The van der Waals surface area contributed by atoms with E-state index < -0.39 is 11.9 Å². The van der Waals surface area contributed by atoms with Crippen molar-refractivity contribution in [3.05, 3.63) is 41.6 Å². The lowest BCUT2D eigenvalue weighted by molar-refractivity contribution is -0.112. The first-order chi connectivity index (χ1) is 12.1. The van der Waals surface area contributed by atoms with Crippen LogP contribution in [0.15, 0.2) is 36.0 Å². The van der Waals surface area contributed by atoms with Crippen molar-refractivity contribution < 1.29 is 19.4 Å². The summed E-state index contributed by atoms with van der Waals surface area (Å²) < 4.78 is 5.16. The van der Waals surface area contributed by atoms with Crippen LogP contribution in [0.2, 0.25) is 0 Å². The van der Waals surface area contributed by atoms with Crippen molar-refractivity contribution >= 4 is 17.6 Å². The molecule has 3 N–H and O–H groups in total. The molecule has 0 fully saturated rings. The third-order valence-corrected chi connectivity index (χ3v) is 3.22. The van der Waals surface area contributed by atoms with Crippen LogP contribution in [0.5, 0.6) is 0 Å². The highest BCUT2D eigenvalue weighted by Crippen LogP contribution is 2.17. The standard InChI is InChI=1S/C18H23N3O4/c1-2-3-11-25-18(24)15-7-4-5-8-16(15)21-17(23)14(12-19)13-20-9-6-10-22/h4-5,7-8,13,20,22H,2-3,6,9-11H2,1H3,(H,21,23)/b14-13-. The number of aliphatic hydroxyl groups is 1. The predicted octanol–water partition coefficient (Wildman–Crippen LogP) is 1.96. The number of unbranched alkanes of at least 4 members (excludes halogenated alkanes) is 1. The van der Waals surface area contributed by atoms with Gasteiger partial charge in [0, 0.05) is 19.4 Å². The molecule has 0 saturated heterocycles. The lowest BCUT2D eigenvalue weighted by atomic mass is 10.1. The first-order valence-corrected chi connectivity index (χ1v) is 8.16. The van der Waals surface area contributed by atoms with E-state index in [4.69, 9.17) is 15.1 Å². The summed E-state index contributed by atoms with van der Waals surface area (Å²) >= 11 is 0. The number of nitrogens with zero attached hydrogens (tertiary/aromatic N) is 1. The number of para-hydroxylation sites is 1. The van der Waals surface area contributed by atoms with E-state index in [1.807, 2.05) is 6.92 Å². The lowest BCUT2D eigenvalue weighted by Gasteiger charge is -2.10. The number of benzene rings is 1. The molecule has 0 atom stereocenters. The van der Waals surface area contributed by atoms with Gasteiger partial charge < -0.3 is 20.5 Å². The molecule has 0 aromatic heterocycles. The van der Waals surface area contributed by atoms with Crippen molar-refractivity contribution in [2.24, 2.45) is 0 Å². The number of carbonyl (C=O) groups excluding carboxylic acids is 2. The molecule has 0 bridgehead atoms. The molecule has 0 aliphatic carbocycles. The minimum Gasteiger partial charge on any atom is -0.462 e. The van der Waals surface area contributed by atoms with Crippen molar-refractivity contribution in [1.82, 2.24) is 5.32 Å². The Morgan fingerprint density at radius 3 is 2.76 bits per heavy atom. The summed E-state index contributed by atoms with van der Waals surface area (Å²) in [5.74, 6) is -1.15. The molecule has 1 amide bonds. The molecule has 134 valence electrons. The molecular formula is C18H23N3O4. The van der Waals surface area contributed by atoms with Crippen LogP contribution in [0.25, 0.3) is 0 Å². The SMILES string of the molecule is CCCCOC(=O)c1ccccc1NC(=O)/C(C#N)=C\NCCCO. The summed E-state index contributed by atoms with van der Waals surface area (Å²) in [4.78, 5) is 24.3. The molecule has 0 aliphatic rings. The third-order valence-electron chi connectivity index (χ3n) is 3.22. The maximum atomic E-state index is 12.2. The van der Waals surface area contributed by atoms with Crippen LogP contribution in [0, 0.1) is 11.3 Å². The Hall–Kier alpha value is -2.85. The number of ether oxygens (including phenoxy) is 1. The van der Waals surface area contributed by atoms with E-state index in [0.717, 1.165) is 12.8 Å². The Bertz CT molecular complexity index is 650. The van der Waals surface area contributed by atoms with Gasteiger partial charge in [0.2, 0.25) is 0 Å². The molecule has 0 aliphatic heterocycles. The summed E-state index contributed by atoms with van der Waals surface area (Å²) in [6.45, 7) is 2.76. The summed E-state index contributed by atoms with van der Waals surface area (Å²) in [7, 11) is 0. The fraction of sp³-hybridized carbons (Fsp3) is 0.389. The van der Waals surface area contributed by atoms with Crippen molar-refractivity contribution in [3.63, 3.8) is 0 Å². The zero-order valence-corrected chi connectivity index (χ0v) is 14.2. The van der Waals surface area contributed by atoms with Crippen molar-refractivity contribution in [2.45, 2.75) is 26.2 Å². The minimum absolute atomic E-state index is 0.0163. The van der Waals surface area contributed by atoms with Crippen LogP contribution in [0.1, 0.15) is 36.5 Å². The Kier molecular flexibility index (Phi) is 9.41. The van der Waals surface area contributed by atoms with Crippen LogP contribution in [0.3, 0.4) is 0 Å². The Morgan fingerprint density at radius 2 is 2.08 bits per heavy atom. The van der Waals surface area contributed by atoms with E-state index >= 15 is 0 Å². The molecule has 7 heteroatoms.